The molecule has 0 aliphatic carbocycles. The highest BCUT2D eigenvalue weighted by atomic mass is 32.2. The van der Waals surface area contributed by atoms with E-state index in [1.165, 1.54) is 19.2 Å². The molecular formula is C23H31N3O4S. The molecule has 3 rings (SSSR count). The second-order valence-corrected chi connectivity index (χ2v) is 9.72. The van der Waals surface area contributed by atoms with Crippen LogP contribution >= 0.6 is 0 Å². The first-order valence-corrected chi connectivity index (χ1v) is 12.0. The van der Waals surface area contributed by atoms with Crippen molar-refractivity contribution in [3.8, 4) is 5.75 Å². The fourth-order valence-corrected chi connectivity index (χ4v) is 4.68. The van der Waals surface area contributed by atoms with Crippen molar-refractivity contribution >= 4 is 21.6 Å². The van der Waals surface area contributed by atoms with E-state index in [-0.39, 0.29) is 22.9 Å². The summed E-state index contributed by atoms with van der Waals surface area (Å²) < 4.78 is 33.8. The first-order chi connectivity index (χ1) is 14.8. The van der Waals surface area contributed by atoms with Crippen molar-refractivity contribution in [2.45, 2.75) is 37.1 Å². The Bertz CT molecular complexity index is 996. The van der Waals surface area contributed by atoms with Crippen LogP contribution in [0, 0.1) is 0 Å². The minimum atomic E-state index is -3.79. The van der Waals surface area contributed by atoms with Crippen molar-refractivity contribution in [2.75, 3.05) is 39.2 Å². The summed E-state index contributed by atoms with van der Waals surface area (Å²) in [5, 5.41) is 0. The van der Waals surface area contributed by atoms with Gasteiger partial charge in [-0.2, -0.15) is 0 Å². The van der Waals surface area contributed by atoms with E-state index in [1.54, 1.807) is 11.0 Å². The maximum Gasteiger partial charge on any atom is 0.257 e. The maximum atomic E-state index is 13.1. The lowest BCUT2D eigenvalue weighted by Gasteiger charge is -2.22. The fourth-order valence-electron chi connectivity index (χ4n) is 3.64. The second kappa shape index (κ2) is 10.2. The van der Waals surface area contributed by atoms with E-state index >= 15 is 0 Å². The molecule has 1 N–H and O–H groups in total. The number of hydrogen-bond donors (Lipinski definition) is 1. The van der Waals surface area contributed by atoms with Crippen LogP contribution in [0.4, 0.5) is 5.69 Å². The minimum Gasteiger partial charge on any atom is -0.496 e. The zero-order chi connectivity index (χ0) is 22.4. The number of rotatable bonds is 7. The summed E-state index contributed by atoms with van der Waals surface area (Å²) in [6, 6.07) is 12.1. The van der Waals surface area contributed by atoms with Gasteiger partial charge >= 0.3 is 0 Å². The molecule has 0 saturated carbocycles. The molecule has 1 heterocycles. The van der Waals surface area contributed by atoms with Crippen LogP contribution in [0.15, 0.2) is 47.4 Å². The Balaban J connectivity index is 1.79. The van der Waals surface area contributed by atoms with Crippen molar-refractivity contribution in [3.05, 3.63) is 53.6 Å². The topological polar surface area (TPSA) is 79.0 Å². The molecule has 1 fully saturated rings. The first-order valence-electron chi connectivity index (χ1n) is 10.5. The molecule has 1 aliphatic heterocycles. The summed E-state index contributed by atoms with van der Waals surface area (Å²) in [5.74, 6) is 0.197. The van der Waals surface area contributed by atoms with Gasteiger partial charge in [0, 0.05) is 39.4 Å². The third-order valence-corrected chi connectivity index (χ3v) is 6.92. The lowest BCUT2D eigenvalue weighted by atomic mass is 10.1. The van der Waals surface area contributed by atoms with E-state index in [0.717, 1.165) is 36.9 Å². The number of carbonyl (C=O) groups excluding carboxylic acids is 1. The van der Waals surface area contributed by atoms with E-state index < -0.39 is 10.0 Å². The maximum absolute atomic E-state index is 13.1. The van der Waals surface area contributed by atoms with E-state index in [4.69, 9.17) is 4.74 Å². The summed E-state index contributed by atoms with van der Waals surface area (Å²) in [5.41, 5.74) is 2.17. The van der Waals surface area contributed by atoms with Gasteiger partial charge in [-0.25, -0.2) is 13.1 Å². The third kappa shape index (κ3) is 5.77. The van der Waals surface area contributed by atoms with Gasteiger partial charge in [-0.3, -0.25) is 4.79 Å². The number of nitrogens with one attached hydrogen (secondary N) is 1. The molecule has 2 aromatic carbocycles. The highest BCUT2D eigenvalue weighted by Crippen LogP contribution is 2.25. The molecule has 0 atom stereocenters. The Morgan fingerprint density at radius 2 is 1.68 bits per heavy atom. The number of amides is 1. The van der Waals surface area contributed by atoms with Gasteiger partial charge in [0.25, 0.3) is 5.91 Å². The lowest BCUT2D eigenvalue weighted by molar-refractivity contribution is 0.0758. The van der Waals surface area contributed by atoms with Gasteiger partial charge in [0.1, 0.15) is 5.75 Å². The van der Waals surface area contributed by atoms with Gasteiger partial charge < -0.3 is 14.5 Å². The Labute approximate surface area is 185 Å². The van der Waals surface area contributed by atoms with Gasteiger partial charge in [-0.05, 0) is 48.7 Å². The van der Waals surface area contributed by atoms with Gasteiger partial charge in [-0.1, -0.05) is 25.0 Å². The van der Waals surface area contributed by atoms with Gasteiger partial charge in [0.2, 0.25) is 10.0 Å². The summed E-state index contributed by atoms with van der Waals surface area (Å²) in [4.78, 5) is 16.9. The number of anilines is 1. The number of hydrogen-bond acceptors (Lipinski definition) is 5. The number of likely N-dealkylation sites (tertiary alicyclic amines) is 1. The Morgan fingerprint density at radius 3 is 2.26 bits per heavy atom. The molecule has 31 heavy (non-hydrogen) atoms. The van der Waals surface area contributed by atoms with Crippen LogP contribution < -0.4 is 14.4 Å². The molecule has 0 radical (unpaired) electrons. The summed E-state index contributed by atoms with van der Waals surface area (Å²) in [7, 11) is 1.59. The molecule has 8 heteroatoms. The largest absolute Gasteiger partial charge is 0.496 e. The highest BCUT2D eigenvalue weighted by molar-refractivity contribution is 7.89. The Hall–Kier alpha value is -2.58. The number of nitrogens with zero attached hydrogens (tertiary/aromatic N) is 2. The number of ether oxygens (including phenoxy) is 1. The fraction of sp³-hybridized carbons (Fsp3) is 0.435. The average Bonchev–Trinajstić information content (AvgIpc) is 3.06. The van der Waals surface area contributed by atoms with Crippen molar-refractivity contribution in [1.29, 1.82) is 0 Å². The highest BCUT2D eigenvalue weighted by Gasteiger charge is 2.24. The van der Waals surface area contributed by atoms with E-state index in [1.807, 2.05) is 43.3 Å². The smallest absolute Gasteiger partial charge is 0.257 e. The zero-order valence-corrected chi connectivity index (χ0v) is 19.2. The Kier molecular flexibility index (Phi) is 7.56. The number of sulfonamides is 1. The van der Waals surface area contributed by atoms with Gasteiger partial charge in [-0.15, -0.1) is 0 Å². The van der Waals surface area contributed by atoms with Crippen LogP contribution in [-0.4, -0.2) is 53.5 Å². The second-order valence-electron chi connectivity index (χ2n) is 7.95. The molecule has 0 unspecified atom stereocenters. The standard InChI is InChI=1S/C23H31N3O4S/c1-25(2)19-10-8-18(9-11-19)17-24-31(28,29)20-12-13-22(30-3)21(16-20)23(27)26-14-6-4-5-7-15-26/h8-13,16,24H,4-7,14-15,17H2,1-3H3. The number of methoxy groups -OCH3 is 1. The average molecular weight is 446 g/mol. The minimum absolute atomic E-state index is 0.0522. The van der Waals surface area contributed by atoms with E-state index in [2.05, 4.69) is 4.72 Å². The predicted octanol–water partition coefficient (Wildman–Crippen LogP) is 3.26. The van der Waals surface area contributed by atoms with E-state index in [9.17, 15) is 13.2 Å². The predicted molar refractivity (Wildman–Crippen MR) is 122 cm³/mol. The van der Waals surface area contributed by atoms with E-state index in [0.29, 0.717) is 18.8 Å². The molecular weight excluding hydrogens is 414 g/mol. The summed E-state index contributed by atoms with van der Waals surface area (Å²) in [6.07, 6.45) is 4.13. The van der Waals surface area contributed by atoms with Crippen LogP contribution in [0.5, 0.6) is 5.75 Å². The molecule has 0 spiro atoms. The lowest BCUT2D eigenvalue weighted by Crippen LogP contribution is -2.32. The van der Waals surface area contributed by atoms with Crippen LogP contribution in [0.25, 0.3) is 0 Å². The van der Waals surface area contributed by atoms with Gasteiger partial charge in [0.05, 0.1) is 17.6 Å². The molecule has 0 aromatic heterocycles. The molecule has 1 aliphatic rings. The quantitative estimate of drug-likeness (QED) is 0.708. The first kappa shape index (κ1) is 23.1. The van der Waals surface area contributed by atoms with Crippen LogP contribution in [-0.2, 0) is 16.6 Å². The molecule has 1 amide bonds. The molecule has 168 valence electrons. The summed E-state index contributed by atoms with van der Waals surface area (Å²) >= 11 is 0. The third-order valence-electron chi connectivity index (χ3n) is 5.52. The summed E-state index contributed by atoms with van der Waals surface area (Å²) in [6.45, 7) is 1.53. The van der Waals surface area contributed by atoms with Gasteiger partial charge in [0.15, 0.2) is 0 Å². The zero-order valence-electron chi connectivity index (χ0n) is 18.4. The SMILES string of the molecule is COc1ccc(S(=O)(=O)NCc2ccc(N(C)C)cc2)cc1C(=O)N1CCCCCC1. The van der Waals surface area contributed by atoms with Crippen LogP contribution in [0.3, 0.4) is 0 Å². The molecule has 0 bridgehead atoms. The van der Waals surface area contributed by atoms with Crippen LogP contribution in [0.1, 0.15) is 41.6 Å². The van der Waals surface area contributed by atoms with Crippen molar-refractivity contribution in [3.63, 3.8) is 0 Å². The van der Waals surface area contributed by atoms with Crippen molar-refractivity contribution in [2.24, 2.45) is 0 Å². The Morgan fingerprint density at radius 1 is 1.03 bits per heavy atom. The molecule has 7 nitrogen and oxygen atoms in total. The van der Waals surface area contributed by atoms with Crippen LogP contribution in [0.2, 0.25) is 0 Å². The molecule has 2 aromatic rings. The normalized spacial score (nSPS) is 14.7. The monoisotopic (exact) mass is 445 g/mol. The van der Waals surface area contributed by atoms with Crippen molar-refractivity contribution < 1.29 is 17.9 Å². The number of benzene rings is 2. The van der Waals surface area contributed by atoms with Crippen molar-refractivity contribution in [1.82, 2.24) is 9.62 Å². The molecule has 1 saturated heterocycles. The number of carbonyl (C=O) groups is 1.